The quantitative estimate of drug-likeness (QED) is 0.795. The summed E-state index contributed by atoms with van der Waals surface area (Å²) in [5.41, 5.74) is 1.58. The van der Waals surface area contributed by atoms with Crippen LogP contribution in [-0.4, -0.2) is 15.9 Å². The fraction of sp³-hybridized carbons (Fsp3) is 0.0714. The number of thiazole rings is 1. The number of carbonyl (C=O) groups is 1. The zero-order valence-electron chi connectivity index (χ0n) is 10.0. The maximum absolute atomic E-state index is 11.9. The normalized spacial score (nSPS) is 10.5. The first kappa shape index (κ1) is 11.8. The molecule has 0 saturated carbocycles. The van der Waals surface area contributed by atoms with Gasteiger partial charge < -0.3 is 5.32 Å². The monoisotopic (exact) mass is 269 g/mol. The number of hydrogen-bond donors (Lipinski definition) is 1. The third-order valence-corrected chi connectivity index (χ3v) is 3.72. The summed E-state index contributed by atoms with van der Waals surface area (Å²) >= 11 is 1.60. The van der Waals surface area contributed by atoms with Crippen LogP contribution >= 0.6 is 11.3 Å². The summed E-state index contributed by atoms with van der Waals surface area (Å²) in [6, 6.07) is 11.3. The highest BCUT2D eigenvalue weighted by atomic mass is 32.1. The van der Waals surface area contributed by atoms with Gasteiger partial charge in [-0.15, -0.1) is 11.3 Å². The number of fused-ring (bicyclic) bond motifs is 1. The van der Waals surface area contributed by atoms with Gasteiger partial charge >= 0.3 is 0 Å². The smallest absolute Gasteiger partial charge is 0.251 e. The van der Waals surface area contributed by atoms with Crippen molar-refractivity contribution in [3.8, 4) is 0 Å². The topological polar surface area (TPSA) is 54.9 Å². The second kappa shape index (κ2) is 5.16. The molecule has 2 heterocycles. The Morgan fingerprint density at radius 1 is 1.16 bits per heavy atom. The molecule has 3 aromatic rings. The number of nitrogens with zero attached hydrogens (tertiary/aromatic N) is 2. The molecule has 3 rings (SSSR count). The first-order valence-electron chi connectivity index (χ1n) is 5.85. The minimum atomic E-state index is -0.110. The molecule has 0 aliphatic carbocycles. The predicted molar refractivity (Wildman–Crippen MR) is 75.0 cm³/mol. The molecule has 0 bridgehead atoms. The Morgan fingerprint density at radius 2 is 1.95 bits per heavy atom. The molecule has 0 spiro atoms. The Hall–Kier alpha value is -2.27. The largest absolute Gasteiger partial charge is 0.346 e. The third kappa shape index (κ3) is 2.61. The van der Waals surface area contributed by atoms with E-state index in [9.17, 15) is 4.79 Å². The van der Waals surface area contributed by atoms with Crippen molar-refractivity contribution in [2.45, 2.75) is 6.54 Å². The number of hydrogen-bond acceptors (Lipinski definition) is 4. The molecule has 5 heteroatoms. The number of para-hydroxylation sites is 1. The van der Waals surface area contributed by atoms with Crippen molar-refractivity contribution < 1.29 is 4.79 Å². The second-order valence-electron chi connectivity index (χ2n) is 3.99. The highest BCUT2D eigenvalue weighted by molar-refractivity contribution is 7.18. The van der Waals surface area contributed by atoms with Crippen LogP contribution in [0.2, 0.25) is 0 Å². The number of nitrogens with one attached hydrogen (secondary N) is 1. The van der Waals surface area contributed by atoms with Crippen molar-refractivity contribution in [2.24, 2.45) is 0 Å². The highest BCUT2D eigenvalue weighted by Gasteiger charge is 2.07. The van der Waals surface area contributed by atoms with Gasteiger partial charge in [-0.1, -0.05) is 12.1 Å². The Balaban J connectivity index is 1.71. The molecule has 2 aromatic heterocycles. The van der Waals surface area contributed by atoms with E-state index in [0.717, 1.165) is 15.2 Å². The van der Waals surface area contributed by atoms with Gasteiger partial charge in [0.2, 0.25) is 0 Å². The predicted octanol–water partition coefficient (Wildman–Crippen LogP) is 2.62. The van der Waals surface area contributed by atoms with E-state index in [-0.39, 0.29) is 5.91 Å². The number of rotatable bonds is 3. The zero-order chi connectivity index (χ0) is 13.1. The SMILES string of the molecule is O=C(NCc1nc2ccccc2s1)c1ccncc1. The van der Waals surface area contributed by atoms with Crippen LogP contribution < -0.4 is 5.32 Å². The summed E-state index contributed by atoms with van der Waals surface area (Å²) in [4.78, 5) is 20.2. The Bertz CT molecular complexity index is 676. The number of carbonyl (C=O) groups excluding carboxylic acids is 1. The van der Waals surface area contributed by atoms with Crippen LogP contribution in [-0.2, 0) is 6.54 Å². The summed E-state index contributed by atoms with van der Waals surface area (Å²) in [7, 11) is 0. The van der Waals surface area contributed by atoms with Gasteiger partial charge in [-0.25, -0.2) is 4.98 Å². The van der Waals surface area contributed by atoms with Crippen molar-refractivity contribution in [1.82, 2.24) is 15.3 Å². The van der Waals surface area contributed by atoms with E-state index in [2.05, 4.69) is 15.3 Å². The lowest BCUT2D eigenvalue weighted by Gasteiger charge is -2.01. The molecule has 1 amide bonds. The van der Waals surface area contributed by atoms with E-state index in [1.54, 1.807) is 35.9 Å². The van der Waals surface area contributed by atoms with Gasteiger partial charge in [0.1, 0.15) is 5.01 Å². The second-order valence-corrected chi connectivity index (χ2v) is 5.11. The molecule has 0 atom stereocenters. The lowest BCUT2D eigenvalue weighted by atomic mass is 10.2. The first-order chi connectivity index (χ1) is 9.33. The molecule has 0 fully saturated rings. The maximum atomic E-state index is 11.9. The van der Waals surface area contributed by atoms with Gasteiger partial charge in [0, 0.05) is 18.0 Å². The molecule has 19 heavy (non-hydrogen) atoms. The fourth-order valence-electron chi connectivity index (χ4n) is 1.76. The van der Waals surface area contributed by atoms with Crippen molar-refractivity contribution in [3.63, 3.8) is 0 Å². The molecule has 0 unspecified atom stereocenters. The zero-order valence-corrected chi connectivity index (χ0v) is 10.9. The minimum absolute atomic E-state index is 0.110. The van der Waals surface area contributed by atoms with Crippen molar-refractivity contribution in [3.05, 3.63) is 59.4 Å². The van der Waals surface area contributed by atoms with E-state index in [1.807, 2.05) is 24.3 Å². The van der Waals surface area contributed by atoms with E-state index in [1.165, 1.54) is 0 Å². The third-order valence-electron chi connectivity index (χ3n) is 2.68. The Morgan fingerprint density at radius 3 is 2.74 bits per heavy atom. The first-order valence-corrected chi connectivity index (χ1v) is 6.67. The van der Waals surface area contributed by atoms with Gasteiger partial charge in [-0.3, -0.25) is 9.78 Å². The van der Waals surface area contributed by atoms with Gasteiger partial charge in [0.05, 0.1) is 16.8 Å². The minimum Gasteiger partial charge on any atom is -0.346 e. The summed E-state index contributed by atoms with van der Waals surface area (Å²) in [6.45, 7) is 0.445. The number of benzene rings is 1. The van der Waals surface area contributed by atoms with Crippen LogP contribution in [0.4, 0.5) is 0 Å². The number of aromatic nitrogens is 2. The lowest BCUT2D eigenvalue weighted by molar-refractivity contribution is 0.0951. The maximum Gasteiger partial charge on any atom is 0.251 e. The number of pyridine rings is 1. The average Bonchev–Trinajstić information content (AvgIpc) is 2.88. The standard InChI is InChI=1S/C14H11N3OS/c18-14(10-5-7-15-8-6-10)16-9-13-17-11-3-1-2-4-12(11)19-13/h1-8H,9H2,(H,16,18). The van der Waals surface area contributed by atoms with Gasteiger partial charge in [-0.2, -0.15) is 0 Å². The summed E-state index contributed by atoms with van der Waals surface area (Å²) in [5.74, 6) is -0.110. The summed E-state index contributed by atoms with van der Waals surface area (Å²) in [5, 5.41) is 3.76. The van der Waals surface area contributed by atoms with Crippen LogP contribution in [0.3, 0.4) is 0 Å². The van der Waals surface area contributed by atoms with Crippen LogP contribution in [0.25, 0.3) is 10.2 Å². The lowest BCUT2D eigenvalue weighted by Crippen LogP contribution is -2.22. The number of amides is 1. The molecule has 0 aliphatic rings. The van der Waals surface area contributed by atoms with E-state index >= 15 is 0 Å². The summed E-state index contributed by atoms with van der Waals surface area (Å²) < 4.78 is 1.13. The molecular formula is C14H11N3OS. The Labute approximate surface area is 114 Å². The van der Waals surface area contributed by atoms with Crippen molar-refractivity contribution in [2.75, 3.05) is 0 Å². The molecule has 0 radical (unpaired) electrons. The van der Waals surface area contributed by atoms with Gasteiger partial charge in [-0.05, 0) is 24.3 Å². The molecule has 1 N–H and O–H groups in total. The van der Waals surface area contributed by atoms with Gasteiger partial charge in [0.15, 0.2) is 0 Å². The van der Waals surface area contributed by atoms with E-state index in [4.69, 9.17) is 0 Å². The Kier molecular flexibility index (Phi) is 3.20. The van der Waals surface area contributed by atoms with Crippen LogP contribution in [0.1, 0.15) is 15.4 Å². The molecule has 1 aromatic carbocycles. The molecule has 94 valence electrons. The fourth-order valence-corrected chi connectivity index (χ4v) is 2.66. The molecule has 0 aliphatic heterocycles. The molecule has 0 saturated heterocycles. The van der Waals surface area contributed by atoms with E-state index < -0.39 is 0 Å². The highest BCUT2D eigenvalue weighted by Crippen LogP contribution is 2.21. The van der Waals surface area contributed by atoms with Crippen molar-refractivity contribution in [1.29, 1.82) is 0 Å². The molecular weight excluding hydrogens is 258 g/mol. The van der Waals surface area contributed by atoms with E-state index in [0.29, 0.717) is 12.1 Å². The van der Waals surface area contributed by atoms with Crippen LogP contribution in [0, 0.1) is 0 Å². The molecule has 4 nitrogen and oxygen atoms in total. The van der Waals surface area contributed by atoms with Crippen molar-refractivity contribution >= 4 is 27.5 Å². The van der Waals surface area contributed by atoms with Crippen LogP contribution in [0.15, 0.2) is 48.8 Å². The van der Waals surface area contributed by atoms with Gasteiger partial charge in [0.25, 0.3) is 5.91 Å². The average molecular weight is 269 g/mol. The summed E-state index contributed by atoms with van der Waals surface area (Å²) in [6.07, 6.45) is 3.21. The van der Waals surface area contributed by atoms with Crippen LogP contribution in [0.5, 0.6) is 0 Å².